The van der Waals surface area contributed by atoms with Gasteiger partial charge in [-0.05, 0) is 43.3 Å². The predicted molar refractivity (Wildman–Crippen MR) is 115 cm³/mol. The van der Waals surface area contributed by atoms with E-state index >= 15 is 0 Å². The molecule has 0 radical (unpaired) electrons. The molecule has 0 aliphatic carbocycles. The van der Waals surface area contributed by atoms with Gasteiger partial charge in [0, 0.05) is 10.0 Å². The van der Waals surface area contributed by atoms with Crippen molar-refractivity contribution < 1.29 is 26.4 Å². The molecular formula is C18H18Cl2N2O6S2. The second-order valence-electron chi connectivity index (χ2n) is 6.61. The monoisotopic (exact) mass is 492 g/mol. The van der Waals surface area contributed by atoms with Crippen molar-refractivity contribution in [1.82, 2.24) is 0 Å². The Morgan fingerprint density at radius 2 is 1.80 bits per heavy atom. The first-order chi connectivity index (χ1) is 13.9. The minimum Gasteiger partial charge on any atom is -0.492 e. The van der Waals surface area contributed by atoms with Crippen LogP contribution in [0.25, 0.3) is 0 Å². The second kappa shape index (κ2) is 8.26. The Bertz CT molecular complexity index is 1190. The van der Waals surface area contributed by atoms with Gasteiger partial charge >= 0.3 is 0 Å². The van der Waals surface area contributed by atoms with Crippen molar-refractivity contribution in [3.8, 4) is 5.75 Å². The molecule has 0 bridgehead atoms. The zero-order chi connectivity index (χ0) is 22.3. The highest BCUT2D eigenvalue weighted by molar-refractivity contribution is 7.94. The fourth-order valence-corrected chi connectivity index (χ4v) is 6.56. The van der Waals surface area contributed by atoms with E-state index < -0.39 is 31.9 Å². The van der Waals surface area contributed by atoms with Crippen LogP contribution in [0.5, 0.6) is 5.75 Å². The highest BCUT2D eigenvalue weighted by atomic mass is 35.5. The molecule has 1 N–H and O–H groups in total. The lowest BCUT2D eigenvalue weighted by molar-refractivity contribution is -0.119. The predicted octanol–water partition coefficient (Wildman–Crippen LogP) is 3.51. The molecule has 12 heteroatoms. The van der Waals surface area contributed by atoms with E-state index in [1.807, 2.05) is 0 Å². The normalized spacial score (nSPS) is 18.5. The Hall–Kier alpha value is -2.01. The molecule has 1 aliphatic heterocycles. The summed E-state index contributed by atoms with van der Waals surface area (Å²) >= 11 is 11.8. The van der Waals surface area contributed by atoms with Crippen LogP contribution in [0.1, 0.15) is 13.8 Å². The lowest BCUT2D eigenvalue weighted by Gasteiger charge is -2.19. The molecule has 2 aromatic carbocycles. The first-order valence-corrected chi connectivity index (χ1v) is 12.6. The number of rotatable bonds is 6. The third-order valence-corrected chi connectivity index (χ3v) is 7.93. The maximum atomic E-state index is 13.1. The molecule has 0 spiro atoms. The standard InChI is InChI=1S/C18H18Cl2N2O6S2/c1-3-28-16-5-4-15(22-18(23)11(2)10-29(22,24)25)9-17(16)30(26,27)21-14-7-12(19)6-13(20)8-14/h4-9,11,21H,3,10H2,1-2H3. The molecule has 1 saturated heterocycles. The Balaban J connectivity index is 2.10. The number of sulfonamides is 2. The molecule has 30 heavy (non-hydrogen) atoms. The first-order valence-electron chi connectivity index (χ1n) is 8.77. The summed E-state index contributed by atoms with van der Waals surface area (Å²) in [5.41, 5.74) is 0.0242. The third-order valence-electron chi connectivity index (χ3n) is 4.23. The SMILES string of the molecule is CCOc1ccc(N2C(=O)C(C)CS2(=O)=O)cc1S(=O)(=O)Nc1cc(Cl)cc(Cl)c1. The van der Waals surface area contributed by atoms with Gasteiger partial charge in [-0.2, -0.15) is 0 Å². The van der Waals surface area contributed by atoms with E-state index in [1.54, 1.807) is 6.92 Å². The fourth-order valence-electron chi connectivity index (χ4n) is 3.02. The summed E-state index contributed by atoms with van der Waals surface area (Å²) in [5.74, 6) is -1.70. The number of benzene rings is 2. The summed E-state index contributed by atoms with van der Waals surface area (Å²) in [6.07, 6.45) is 0. The second-order valence-corrected chi connectivity index (χ2v) is 11.0. The van der Waals surface area contributed by atoms with Crippen molar-refractivity contribution in [2.75, 3.05) is 21.4 Å². The number of carbonyl (C=O) groups excluding carboxylic acids is 1. The van der Waals surface area contributed by atoms with Gasteiger partial charge in [-0.3, -0.25) is 9.52 Å². The van der Waals surface area contributed by atoms with E-state index in [0.29, 0.717) is 4.31 Å². The minimum atomic E-state index is -4.25. The summed E-state index contributed by atoms with van der Waals surface area (Å²) in [5, 5.41) is 0.448. The number of carbonyl (C=O) groups is 1. The molecule has 0 aromatic heterocycles. The van der Waals surface area contributed by atoms with Gasteiger partial charge in [0.2, 0.25) is 15.9 Å². The zero-order valence-corrected chi connectivity index (χ0v) is 19.1. The van der Waals surface area contributed by atoms with Gasteiger partial charge in [0.25, 0.3) is 10.0 Å². The Morgan fingerprint density at radius 1 is 1.17 bits per heavy atom. The van der Waals surface area contributed by atoms with Gasteiger partial charge in [0.1, 0.15) is 10.6 Å². The summed E-state index contributed by atoms with van der Waals surface area (Å²) in [4.78, 5) is 12.0. The van der Waals surface area contributed by atoms with E-state index in [-0.39, 0.29) is 44.4 Å². The number of ether oxygens (including phenoxy) is 1. The van der Waals surface area contributed by atoms with Crippen molar-refractivity contribution in [3.63, 3.8) is 0 Å². The van der Waals surface area contributed by atoms with Crippen molar-refractivity contribution >= 4 is 60.5 Å². The van der Waals surface area contributed by atoms with Crippen LogP contribution < -0.4 is 13.8 Å². The maximum absolute atomic E-state index is 13.1. The number of nitrogens with one attached hydrogen (secondary N) is 1. The van der Waals surface area contributed by atoms with Gasteiger partial charge in [0.15, 0.2) is 0 Å². The fraction of sp³-hybridized carbons (Fsp3) is 0.278. The van der Waals surface area contributed by atoms with E-state index in [1.165, 1.54) is 37.3 Å². The van der Waals surface area contributed by atoms with E-state index in [2.05, 4.69) is 4.72 Å². The van der Waals surface area contributed by atoms with Crippen molar-refractivity contribution in [2.45, 2.75) is 18.7 Å². The molecule has 162 valence electrons. The summed E-state index contributed by atoms with van der Waals surface area (Å²) < 4.78 is 59.3. The van der Waals surface area contributed by atoms with Crippen LogP contribution in [-0.2, 0) is 24.8 Å². The number of amides is 1. The van der Waals surface area contributed by atoms with Gasteiger partial charge in [0.05, 0.1) is 29.7 Å². The quantitative estimate of drug-likeness (QED) is 0.660. The van der Waals surface area contributed by atoms with E-state index in [4.69, 9.17) is 27.9 Å². The number of anilines is 2. The van der Waals surface area contributed by atoms with Crippen LogP contribution in [0.15, 0.2) is 41.3 Å². The minimum absolute atomic E-state index is 0.000956. The number of hydrogen-bond donors (Lipinski definition) is 1. The van der Waals surface area contributed by atoms with Crippen LogP contribution in [0.3, 0.4) is 0 Å². The van der Waals surface area contributed by atoms with Crippen LogP contribution in [0.2, 0.25) is 10.0 Å². The summed E-state index contributed by atoms with van der Waals surface area (Å²) in [6, 6.07) is 7.90. The Morgan fingerprint density at radius 3 is 2.33 bits per heavy atom. The Kier molecular flexibility index (Phi) is 6.24. The first kappa shape index (κ1) is 22.7. The number of hydrogen-bond acceptors (Lipinski definition) is 6. The molecule has 0 saturated carbocycles. The number of nitrogens with zero attached hydrogens (tertiary/aromatic N) is 1. The molecular weight excluding hydrogens is 475 g/mol. The van der Waals surface area contributed by atoms with Gasteiger partial charge < -0.3 is 4.74 Å². The highest BCUT2D eigenvalue weighted by Crippen LogP contribution is 2.35. The lowest BCUT2D eigenvalue weighted by Crippen LogP contribution is -2.30. The largest absolute Gasteiger partial charge is 0.492 e. The Labute approximate surface area is 184 Å². The van der Waals surface area contributed by atoms with E-state index in [0.717, 1.165) is 6.07 Å². The average Bonchev–Trinajstić information content (AvgIpc) is 2.81. The van der Waals surface area contributed by atoms with Gasteiger partial charge in [-0.15, -0.1) is 0 Å². The zero-order valence-electron chi connectivity index (χ0n) is 15.9. The molecule has 1 atom stereocenters. The molecule has 1 heterocycles. The van der Waals surface area contributed by atoms with Gasteiger partial charge in [-0.1, -0.05) is 30.1 Å². The lowest BCUT2D eigenvalue weighted by atomic mass is 10.2. The molecule has 3 rings (SSSR count). The van der Waals surface area contributed by atoms with Crippen molar-refractivity contribution in [2.24, 2.45) is 5.92 Å². The van der Waals surface area contributed by atoms with Crippen molar-refractivity contribution in [1.29, 1.82) is 0 Å². The van der Waals surface area contributed by atoms with E-state index in [9.17, 15) is 21.6 Å². The number of halogens is 2. The molecule has 1 unspecified atom stereocenters. The summed E-state index contributed by atoms with van der Waals surface area (Å²) in [6.45, 7) is 3.34. The molecule has 1 fully saturated rings. The van der Waals surface area contributed by atoms with Crippen LogP contribution >= 0.6 is 23.2 Å². The van der Waals surface area contributed by atoms with Crippen LogP contribution in [0, 0.1) is 5.92 Å². The molecule has 2 aromatic rings. The topological polar surface area (TPSA) is 110 Å². The highest BCUT2D eigenvalue weighted by Gasteiger charge is 2.42. The maximum Gasteiger partial charge on any atom is 0.265 e. The van der Waals surface area contributed by atoms with Gasteiger partial charge in [-0.25, -0.2) is 21.1 Å². The third kappa shape index (κ3) is 4.51. The van der Waals surface area contributed by atoms with Crippen molar-refractivity contribution in [3.05, 3.63) is 46.4 Å². The van der Waals surface area contributed by atoms with Crippen LogP contribution in [-0.4, -0.2) is 35.1 Å². The smallest absolute Gasteiger partial charge is 0.265 e. The molecule has 1 amide bonds. The molecule has 8 nitrogen and oxygen atoms in total. The summed E-state index contributed by atoms with van der Waals surface area (Å²) in [7, 11) is -8.15. The average molecular weight is 493 g/mol. The van der Waals surface area contributed by atoms with Crippen LogP contribution in [0.4, 0.5) is 11.4 Å². The molecule has 1 aliphatic rings.